The molecule has 7 heteroatoms. The van der Waals surface area contributed by atoms with Gasteiger partial charge in [0.1, 0.15) is 5.82 Å². The van der Waals surface area contributed by atoms with Crippen LogP contribution in [0.25, 0.3) is 22.0 Å². The number of piperazine rings is 1. The van der Waals surface area contributed by atoms with Crippen LogP contribution in [0.15, 0.2) is 58.7 Å². The number of carbonyl (C=O) groups excluding carboxylic acids is 1. The van der Waals surface area contributed by atoms with E-state index in [4.69, 9.17) is 4.98 Å². The van der Waals surface area contributed by atoms with Crippen LogP contribution in [0, 0.1) is 12.3 Å². The number of benzene rings is 2. The van der Waals surface area contributed by atoms with E-state index in [2.05, 4.69) is 62.6 Å². The number of carbonyl (C=O) groups is 1. The summed E-state index contributed by atoms with van der Waals surface area (Å²) in [6, 6.07) is 12.7. The van der Waals surface area contributed by atoms with Gasteiger partial charge in [0.15, 0.2) is 0 Å². The van der Waals surface area contributed by atoms with Crippen LogP contribution in [0.4, 0.5) is 5.82 Å². The number of aryl methyl sites for hydroxylation is 1. The monoisotopic (exact) mass is 514 g/mol. The minimum atomic E-state index is -0.162. The Morgan fingerprint density at radius 3 is 2.49 bits per heavy atom. The summed E-state index contributed by atoms with van der Waals surface area (Å²) in [6.07, 6.45) is 4.95. The minimum absolute atomic E-state index is 0.0130. The molecule has 3 heterocycles. The van der Waals surface area contributed by atoms with Gasteiger partial charge in [-0.25, -0.2) is 4.79 Å². The summed E-state index contributed by atoms with van der Waals surface area (Å²) < 4.78 is 1.98. The van der Waals surface area contributed by atoms with E-state index < -0.39 is 0 Å². The van der Waals surface area contributed by atoms with Gasteiger partial charge in [0.25, 0.3) is 0 Å². The van der Waals surface area contributed by atoms with Gasteiger partial charge in [0.2, 0.25) is 5.91 Å². The Kier molecular flexibility index (Phi) is 5.94. The second-order valence-corrected chi connectivity index (χ2v) is 12.1. The Labute approximate surface area is 222 Å². The van der Waals surface area contributed by atoms with Crippen molar-refractivity contribution in [3.63, 3.8) is 0 Å². The number of anilines is 1. The summed E-state index contributed by atoms with van der Waals surface area (Å²) >= 11 is 1.92. The fourth-order valence-corrected chi connectivity index (χ4v) is 8.25. The Morgan fingerprint density at radius 1 is 1.16 bits per heavy atom. The zero-order valence-electron chi connectivity index (χ0n) is 21.9. The molecule has 2 atom stereocenters. The van der Waals surface area contributed by atoms with E-state index >= 15 is 0 Å². The number of aromatic nitrogens is 2. The van der Waals surface area contributed by atoms with Crippen molar-refractivity contribution in [2.75, 3.05) is 23.7 Å². The van der Waals surface area contributed by atoms with Gasteiger partial charge < -0.3 is 9.80 Å². The third kappa shape index (κ3) is 3.90. The van der Waals surface area contributed by atoms with Crippen molar-refractivity contribution in [3.8, 4) is 11.1 Å². The number of rotatable bonds is 3. The highest BCUT2D eigenvalue weighted by Gasteiger charge is 2.41. The fraction of sp³-hybridized carbons (Fsp3) is 0.433. The van der Waals surface area contributed by atoms with E-state index in [1.165, 1.54) is 34.1 Å². The summed E-state index contributed by atoms with van der Waals surface area (Å²) in [5.41, 5.74) is 4.64. The van der Waals surface area contributed by atoms with Crippen LogP contribution in [0.3, 0.4) is 0 Å². The third-order valence-electron chi connectivity index (χ3n) is 8.54. The van der Waals surface area contributed by atoms with Crippen LogP contribution in [0.1, 0.15) is 38.7 Å². The molecule has 0 N–H and O–H groups in total. The molecule has 1 aliphatic carbocycles. The summed E-state index contributed by atoms with van der Waals surface area (Å²) in [5.74, 6) is 1.72. The lowest BCUT2D eigenvalue weighted by molar-refractivity contribution is -0.130. The average Bonchev–Trinajstić information content (AvgIpc) is 3.05. The van der Waals surface area contributed by atoms with Crippen molar-refractivity contribution >= 4 is 34.4 Å². The van der Waals surface area contributed by atoms with Crippen molar-refractivity contribution in [1.82, 2.24) is 14.5 Å². The van der Waals surface area contributed by atoms with Crippen LogP contribution in [-0.4, -0.2) is 51.3 Å². The van der Waals surface area contributed by atoms with Crippen LogP contribution in [0.5, 0.6) is 0 Å². The molecule has 37 heavy (non-hydrogen) atoms. The lowest BCUT2D eigenvalue weighted by Crippen LogP contribution is -2.58. The second-order valence-electron chi connectivity index (χ2n) is 11.2. The highest BCUT2D eigenvalue weighted by molar-refractivity contribution is 7.99. The first-order valence-corrected chi connectivity index (χ1v) is 14.3. The molecule has 6 nitrogen and oxygen atoms in total. The van der Waals surface area contributed by atoms with E-state index in [1.807, 2.05) is 27.3 Å². The van der Waals surface area contributed by atoms with Gasteiger partial charge in [-0.2, -0.15) is 4.98 Å². The normalized spacial score (nSPS) is 22.6. The Morgan fingerprint density at radius 2 is 1.86 bits per heavy atom. The van der Waals surface area contributed by atoms with Crippen LogP contribution < -0.4 is 10.6 Å². The zero-order valence-corrected chi connectivity index (χ0v) is 22.7. The summed E-state index contributed by atoms with van der Waals surface area (Å²) in [7, 11) is 0. The smallest absolute Gasteiger partial charge is 0.350 e. The maximum Gasteiger partial charge on any atom is 0.350 e. The summed E-state index contributed by atoms with van der Waals surface area (Å²) in [6.45, 7) is 12.0. The molecule has 6 rings (SSSR count). The van der Waals surface area contributed by atoms with Crippen LogP contribution in [-0.2, 0) is 11.3 Å². The number of hydrogen-bond acceptors (Lipinski definition) is 5. The Bertz CT molecular complexity index is 1450. The molecule has 3 aromatic rings. The van der Waals surface area contributed by atoms with Gasteiger partial charge in [0, 0.05) is 53.3 Å². The van der Waals surface area contributed by atoms with Crippen LogP contribution >= 0.6 is 11.8 Å². The maximum atomic E-state index is 13.7. The van der Waals surface area contributed by atoms with E-state index in [9.17, 15) is 9.59 Å². The molecule has 1 amide bonds. The Hall–Kier alpha value is -3.06. The molecule has 1 saturated carbocycles. The largest absolute Gasteiger partial charge is 0.352 e. The number of nitrogens with zero attached hydrogens (tertiary/aromatic N) is 4. The highest BCUT2D eigenvalue weighted by Crippen LogP contribution is 2.52. The molecule has 1 spiro atoms. The van der Waals surface area contributed by atoms with Gasteiger partial charge in [-0.05, 0) is 62.3 Å². The van der Waals surface area contributed by atoms with Gasteiger partial charge >= 0.3 is 5.69 Å². The molecule has 0 radical (unpaired) electrons. The van der Waals surface area contributed by atoms with E-state index in [-0.39, 0.29) is 29.1 Å². The van der Waals surface area contributed by atoms with Gasteiger partial charge in [0.05, 0.1) is 5.52 Å². The second kappa shape index (κ2) is 9.05. The summed E-state index contributed by atoms with van der Waals surface area (Å²) in [5, 5.41) is 1.04. The molecule has 1 aromatic heterocycles. The molecule has 1 saturated heterocycles. The van der Waals surface area contributed by atoms with E-state index in [1.54, 1.807) is 0 Å². The van der Waals surface area contributed by atoms with Crippen molar-refractivity contribution in [2.24, 2.45) is 5.41 Å². The molecule has 2 aliphatic heterocycles. The lowest BCUT2D eigenvalue weighted by Gasteiger charge is -2.45. The summed E-state index contributed by atoms with van der Waals surface area (Å²) in [4.78, 5) is 36.3. The molecular weight excluding hydrogens is 480 g/mol. The average molecular weight is 515 g/mol. The van der Waals surface area contributed by atoms with Crippen molar-refractivity contribution < 1.29 is 4.79 Å². The molecule has 0 bridgehead atoms. The predicted octanol–water partition coefficient (Wildman–Crippen LogP) is 5.26. The molecule has 2 fully saturated rings. The standard InChI is InChI=1S/C30H34N4O2S/c1-5-24(35)34-20(3)15-32(16-21(34)4)28-23-14-19(2)25(22-10-7-6-8-11-22)27-26(23)33(29(36)31-28)17-30(18-37-27)12-9-13-30/h5-8,10-11,14,20-21H,1,9,12-13,15-18H2,2-4H3/t20-,21+. The van der Waals surface area contributed by atoms with Gasteiger partial charge in [-0.1, -0.05) is 43.3 Å². The fourth-order valence-electron chi connectivity index (χ4n) is 6.64. The van der Waals surface area contributed by atoms with Gasteiger partial charge in [-0.15, -0.1) is 11.8 Å². The molecular formula is C30H34N4O2S. The molecule has 192 valence electrons. The highest BCUT2D eigenvalue weighted by atomic mass is 32.2. The number of amides is 1. The molecule has 2 aromatic carbocycles. The topological polar surface area (TPSA) is 58.4 Å². The minimum Gasteiger partial charge on any atom is -0.352 e. The van der Waals surface area contributed by atoms with E-state index in [0.717, 1.165) is 41.9 Å². The van der Waals surface area contributed by atoms with Crippen molar-refractivity contribution in [3.05, 3.63) is 65.1 Å². The third-order valence-corrected chi connectivity index (χ3v) is 9.98. The first kappa shape index (κ1) is 24.3. The van der Waals surface area contributed by atoms with Crippen LogP contribution in [0.2, 0.25) is 0 Å². The Balaban J connectivity index is 1.56. The SMILES string of the molecule is C=CC(=O)N1[C@H](C)CN(c2nc(=O)n3c4c(c(-c5ccccc5)c(C)cc24)SCC2(CCC2)C3)C[C@@H]1C. The molecule has 3 aliphatic rings. The molecule has 0 unspecified atom stereocenters. The first-order chi connectivity index (χ1) is 17.8. The lowest BCUT2D eigenvalue weighted by atomic mass is 9.70. The maximum absolute atomic E-state index is 13.7. The predicted molar refractivity (Wildman–Crippen MR) is 151 cm³/mol. The van der Waals surface area contributed by atoms with Crippen molar-refractivity contribution in [1.29, 1.82) is 0 Å². The first-order valence-electron chi connectivity index (χ1n) is 13.3. The number of hydrogen-bond donors (Lipinski definition) is 0. The van der Waals surface area contributed by atoms with Gasteiger partial charge in [-0.3, -0.25) is 9.36 Å². The number of thioether (sulfide) groups is 1. The quantitative estimate of drug-likeness (QED) is 0.446. The zero-order chi connectivity index (χ0) is 25.9. The van der Waals surface area contributed by atoms with Crippen molar-refractivity contribution in [2.45, 2.75) is 63.6 Å². The van der Waals surface area contributed by atoms with E-state index in [0.29, 0.717) is 13.1 Å².